The lowest BCUT2D eigenvalue weighted by Crippen LogP contribution is -2.22. The molecule has 1 aromatic carbocycles. The van der Waals surface area contributed by atoms with E-state index in [0.29, 0.717) is 31.3 Å². The van der Waals surface area contributed by atoms with E-state index in [1.54, 1.807) is 13.0 Å². The van der Waals surface area contributed by atoms with Crippen molar-refractivity contribution in [3.8, 4) is 0 Å². The summed E-state index contributed by atoms with van der Waals surface area (Å²) >= 11 is 0. The first kappa shape index (κ1) is 15.9. The van der Waals surface area contributed by atoms with Crippen LogP contribution in [0.15, 0.2) is 23.1 Å². The molecule has 6 nitrogen and oxygen atoms in total. The Hall–Kier alpha value is -1.44. The zero-order chi connectivity index (χ0) is 15.5. The van der Waals surface area contributed by atoms with Crippen molar-refractivity contribution in [1.29, 1.82) is 0 Å². The van der Waals surface area contributed by atoms with E-state index in [9.17, 15) is 13.2 Å². The summed E-state index contributed by atoms with van der Waals surface area (Å²) in [6.45, 7) is 3.31. The number of esters is 1. The smallest absolute Gasteiger partial charge is 0.338 e. The molecule has 0 radical (unpaired) electrons. The van der Waals surface area contributed by atoms with Crippen molar-refractivity contribution in [3.63, 3.8) is 0 Å². The van der Waals surface area contributed by atoms with E-state index in [0.717, 1.165) is 12.8 Å². The molecular formula is C14H19NO5S. The second kappa shape index (κ2) is 6.55. The van der Waals surface area contributed by atoms with Crippen LogP contribution < -0.4 is 5.14 Å². The van der Waals surface area contributed by atoms with E-state index < -0.39 is 16.0 Å². The van der Waals surface area contributed by atoms with E-state index in [1.165, 1.54) is 12.1 Å². The van der Waals surface area contributed by atoms with Gasteiger partial charge in [0.15, 0.2) is 0 Å². The number of hydrogen-bond acceptors (Lipinski definition) is 5. The highest BCUT2D eigenvalue weighted by atomic mass is 32.2. The van der Waals surface area contributed by atoms with Crippen molar-refractivity contribution in [2.45, 2.75) is 24.7 Å². The number of sulfonamides is 1. The normalized spacial score (nSPS) is 16.7. The molecule has 0 amide bonds. The number of primary sulfonamides is 1. The number of nitrogens with two attached hydrogens (primary N) is 1. The molecule has 0 atom stereocenters. The molecule has 0 spiro atoms. The molecule has 116 valence electrons. The van der Waals surface area contributed by atoms with Gasteiger partial charge in [0.25, 0.3) is 0 Å². The first-order valence-electron chi connectivity index (χ1n) is 6.76. The largest absolute Gasteiger partial charge is 0.462 e. The van der Waals surface area contributed by atoms with Crippen LogP contribution in [0.2, 0.25) is 0 Å². The quantitative estimate of drug-likeness (QED) is 0.843. The summed E-state index contributed by atoms with van der Waals surface area (Å²) in [5.74, 6) is -0.239. The van der Waals surface area contributed by atoms with Gasteiger partial charge in [-0.25, -0.2) is 18.4 Å². The molecule has 7 heteroatoms. The van der Waals surface area contributed by atoms with E-state index >= 15 is 0 Å². The molecule has 0 saturated carbocycles. The van der Waals surface area contributed by atoms with Gasteiger partial charge in [-0.15, -0.1) is 0 Å². The van der Waals surface area contributed by atoms with Crippen LogP contribution in [-0.4, -0.2) is 34.2 Å². The van der Waals surface area contributed by atoms with Crippen molar-refractivity contribution in [3.05, 3.63) is 29.3 Å². The summed E-state index contributed by atoms with van der Waals surface area (Å²) in [5.41, 5.74) is 0.690. The minimum atomic E-state index is -3.85. The van der Waals surface area contributed by atoms with E-state index in [-0.39, 0.29) is 10.5 Å². The number of carbonyl (C=O) groups excluding carboxylic acids is 1. The SMILES string of the molecule is Cc1ccc(C(=O)OCC2CCOCC2)cc1S(N)(=O)=O. The van der Waals surface area contributed by atoms with Crippen LogP contribution in [-0.2, 0) is 19.5 Å². The number of carbonyl (C=O) groups is 1. The van der Waals surface area contributed by atoms with Gasteiger partial charge in [0.2, 0.25) is 10.0 Å². The fourth-order valence-corrected chi connectivity index (χ4v) is 3.03. The Morgan fingerprint density at radius 1 is 1.38 bits per heavy atom. The average molecular weight is 313 g/mol. The number of rotatable bonds is 4. The summed E-state index contributed by atoms with van der Waals surface area (Å²) < 4.78 is 33.4. The van der Waals surface area contributed by atoms with Crippen LogP contribution in [0, 0.1) is 12.8 Å². The molecule has 2 N–H and O–H groups in total. The Bertz CT molecular complexity index is 620. The molecule has 0 aromatic heterocycles. The fourth-order valence-electron chi connectivity index (χ4n) is 2.22. The number of hydrogen-bond donors (Lipinski definition) is 1. The Morgan fingerprint density at radius 3 is 2.67 bits per heavy atom. The lowest BCUT2D eigenvalue weighted by Gasteiger charge is -2.21. The molecule has 1 fully saturated rings. The van der Waals surface area contributed by atoms with Gasteiger partial charge >= 0.3 is 5.97 Å². The Morgan fingerprint density at radius 2 is 2.05 bits per heavy atom. The van der Waals surface area contributed by atoms with Gasteiger partial charge in [-0.05, 0) is 43.4 Å². The predicted molar refractivity (Wildman–Crippen MR) is 76.4 cm³/mol. The molecule has 2 rings (SSSR count). The molecule has 0 bridgehead atoms. The summed E-state index contributed by atoms with van der Waals surface area (Å²) in [5, 5.41) is 5.12. The minimum absolute atomic E-state index is 0.0528. The molecule has 1 aliphatic rings. The molecule has 1 saturated heterocycles. The molecule has 0 unspecified atom stereocenters. The summed E-state index contributed by atoms with van der Waals surface area (Å²) in [4.78, 5) is 11.9. The third kappa shape index (κ3) is 4.26. The van der Waals surface area contributed by atoms with Crippen molar-refractivity contribution in [1.82, 2.24) is 0 Å². The summed E-state index contributed by atoms with van der Waals surface area (Å²) in [7, 11) is -3.85. The average Bonchev–Trinajstić information content (AvgIpc) is 2.45. The summed E-state index contributed by atoms with van der Waals surface area (Å²) in [6.07, 6.45) is 1.73. The monoisotopic (exact) mass is 313 g/mol. The molecule has 1 aliphatic heterocycles. The lowest BCUT2D eigenvalue weighted by atomic mass is 10.0. The Balaban J connectivity index is 2.05. The van der Waals surface area contributed by atoms with Gasteiger partial charge in [0.05, 0.1) is 17.1 Å². The van der Waals surface area contributed by atoms with Crippen LogP contribution in [0.1, 0.15) is 28.8 Å². The maximum Gasteiger partial charge on any atom is 0.338 e. The van der Waals surface area contributed by atoms with Crippen LogP contribution >= 0.6 is 0 Å². The topological polar surface area (TPSA) is 95.7 Å². The first-order chi connectivity index (χ1) is 9.88. The zero-order valence-electron chi connectivity index (χ0n) is 11.9. The van der Waals surface area contributed by atoms with Crippen molar-refractivity contribution >= 4 is 16.0 Å². The van der Waals surface area contributed by atoms with E-state index in [2.05, 4.69) is 0 Å². The summed E-state index contributed by atoms with van der Waals surface area (Å²) in [6, 6.07) is 4.35. The van der Waals surface area contributed by atoms with Gasteiger partial charge in [0.1, 0.15) is 0 Å². The van der Waals surface area contributed by atoms with Crippen LogP contribution in [0.3, 0.4) is 0 Å². The van der Waals surface area contributed by atoms with Crippen LogP contribution in [0.5, 0.6) is 0 Å². The molecule has 0 aliphatic carbocycles. The molecular weight excluding hydrogens is 294 g/mol. The Kier molecular flexibility index (Phi) is 4.97. The second-order valence-electron chi connectivity index (χ2n) is 5.18. The van der Waals surface area contributed by atoms with Crippen molar-refractivity contribution < 1.29 is 22.7 Å². The highest BCUT2D eigenvalue weighted by molar-refractivity contribution is 7.89. The first-order valence-corrected chi connectivity index (χ1v) is 8.31. The van der Waals surface area contributed by atoms with E-state index in [4.69, 9.17) is 14.6 Å². The lowest BCUT2D eigenvalue weighted by molar-refractivity contribution is 0.0185. The third-order valence-corrected chi connectivity index (χ3v) is 4.57. The highest BCUT2D eigenvalue weighted by Crippen LogP contribution is 2.18. The number of benzene rings is 1. The van der Waals surface area contributed by atoms with Gasteiger partial charge in [-0.3, -0.25) is 0 Å². The van der Waals surface area contributed by atoms with Crippen LogP contribution in [0.25, 0.3) is 0 Å². The standard InChI is InChI=1S/C14H19NO5S/c1-10-2-3-12(8-13(10)21(15,17)18)14(16)20-9-11-4-6-19-7-5-11/h2-3,8,11H,4-7,9H2,1H3,(H2,15,17,18). The molecule has 1 aromatic rings. The van der Waals surface area contributed by atoms with Gasteiger partial charge in [0, 0.05) is 13.2 Å². The predicted octanol–water partition coefficient (Wildman–Crippen LogP) is 1.23. The highest BCUT2D eigenvalue weighted by Gasteiger charge is 2.19. The number of ether oxygens (including phenoxy) is 2. The minimum Gasteiger partial charge on any atom is -0.462 e. The molecule has 1 heterocycles. The zero-order valence-corrected chi connectivity index (χ0v) is 12.7. The maximum absolute atomic E-state index is 12.0. The maximum atomic E-state index is 12.0. The Labute approximate surface area is 124 Å². The van der Waals surface area contributed by atoms with Crippen molar-refractivity contribution in [2.24, 2.45) is 11.1 Å². The van der Waals surface area contributed by atoms with Crippen molar-refractivity contribution in [2.75, 3.05) is 19.8 Å². The van der Waals surface area contributed by atoms with Crippen LogP contribution in [0.4, 0.5) is 0 Å². The van der Waals surface area contributed by atoms with Gasteiger partial charge in [-0.1, -0.05) is 6.07 Å². The van der Waals surface area contributed by atoms with E-state index in [1.807, 2.05) is 0 Å². The fraction of sp³-hybridized carbons (Fsp3) is 0.500. The van der Waals surface area contributed by atoms with Gasteiger partial charge < -0.3 is 9.47 Å². The second-order valence-corrected chi connectivity index (χ2v) is 6.71. The number of aryl methyl sites for hydroxylation is 1. The molecule has 21 heavy (non-hydrogen) atoms. The third-order valence-electron chi connectivity index (χ3n) is 3.52. The van der Waals surface area contributed by atoms with Gasteiger partial charge in [-0.2, -0.15) is 0 Å².